The molecular formula is C19H28. The van der Waals surface area contributed by atoms with Crippen LogP contribution in [0, 0.1) is 27.7 Å². The van der Waals surface area contributed by atoms with E-state index in [0.717, 1.165) is 19.3 Å². The van der Waals surface area contributed by atoms with Crippen molar-refractivity contribution in [2.24, 2.45) is 0 Å². The number of rotatable bonds is 5. The molecule has 0 aromatic heterocycles. The highest BCUT2D eigenvalue weighted by Crippen LogP contribution is 2.22. The molecule has 19 heavy (non-hydrogen) atoms. The van der Waals surface area contributed by atoms with Gasteiger partial charge in [-0.1, -0.05) is 29.9 Å². The Bertz CT molecular complexity index is 483. The lowest BCUT2D eigenvalue weighted by Crippen LogP contribution is -1.97. The first-order chi connectivity index (χ1) is 8.93. The fourth-order valence-corrected chi connectivity index (χ4v) is 2.44. The number of hydrogen-bond donors (Lipinski definition) is 0. The highest BCUT2D eigenvalue weighted by molar-refractivity contribution is 5.44. The molecule has 0 bridgehead atoms. The van der Waals surface area contributed by atoms with Gasteiger partial charge in [-0.2, -0.15) is 0 Å². The van der Waals surface area contributed by atoms with Crippen LogP contribution < -0.4 is 0 Å². The van der Waals surface area contributed by atoms with Crippen LogP contribution in [0.2, 0.25) is 0 Å². The molecule has 0 fully saturated rings. The van der Waals surface area contributed by atoms with Crippen molar-refractivity contribution in [3.8, 4) is 0 Å². The molecule has 0 saturated heterocycles. The van der Waals surface area contributed by atoms with Crippen LogP contribution in [0.4, 0.5) is 0 Å². The molecular weight excluding hydrogens is 228 g/mol. The molecule has 0 heteroatoms. The molecule has 0 aliphatic carbocycles. The molecule has 0 unspecified atom stereocenters. The molecule has 1 rings (SSSR count). The first-order valence-corrected chi connectivity index (χ1v) is 7.28. The Morgan fingerprint density at radius 2 is 1.58 bits per heavy atom. The van der Waals surface area contributed by atoms with E-state index >= 15 is 0 Å². The van der Waals surface area contributed by atoms with E-state index in [-0.39, 0.29) is 0 Å². The molecule has 0 saturated carbocycles. The summed E-state index contributed by atoms with van der Waals surface area (Å²) in [6.07, 6.45) is 10.3. The Labute approximate surface area is 119 Å². The first-order valence-electron chi connectivity index (χ1n) is 7.28. The largest absolute Gasteiger partial charge is 0.0879 e. The maximum Gasteiger partial charge on any atom is -0.00921 e. The van der Waals surface area contributed by atoms with E-state index in [0.29, 0.717) is 0 Å². The fourth-order valence-electron chi connectivity index (χ4n) is 2.44. The van der Waals surface area contributed by atoms with Crippen LogP contribution in [-0.4, -0.2) is 0 Å². The lowest BCUT2D eigenvalue weighted by atomic mass is 9.92. The van der Waals surface area contributed by atoms with Gasteiger partial charge in [0.1, 0.15) is 0 Å². The third-order valence-electron chi connectivity index (χ3n) is 3.89. The quantitative estimate of drug-likeness (QED) is 0.464. The van der Waals surface area contributed by atoms with Crippen LogP contribution >= 0.6 is 0 Å². The predicted molar refractivity (Wildman–Crippen MR) is 86.9 cm³/mol. The lowest BCUT2D eigenvalue weighted by molar-refractivity contribution is 1.02. The molecule has 104 valence electrons. The molecule has 0 nitrogen and oxygen atoms in total. The van der Waals surface area contributed by atoms with Crippen molar-refractivity contribution in [1.82, 2.24) is 0 Å². The number of unbranched alkanes of at least 4 members (excludes halogenated alkanes) is 1. The number of benzene rings is 1. The second-order valence-electron chi connectivity index (χ2n) is 5.77. The van der Waals surface area contributed by atoms with Gasteiger partial charge < -0.3 is 0 Å². The molecule has 0 aliphatic rings. The summed E-state index contributed by atoms with van der Waals surface area (Å²) in [5.41, 5.74) is 8.65. The van der Waals surface area contributed by atoms with Gasteiger partial charge in [-0.25, -0.2) is 0 Å². The monoisotopic (exact) mass is 256 g/mol. The van der Waals surface area contributed by atoms with E-state index in [2.05, 4.69) is 65.8 Å². The average molecular weight is 256 g/mol. The molecule has 0 heterocycles. The van der Waals surface area contributed by atoms with E-state index in [1.54, 1.807) is 0 Å². The van der Waals surface area contributed by atoms with Crippen LogP contribution in [0.5, 0.6) is 0 Å². The van der Waals surface area contributed by atoms with Gasteiger partial charge in [0.2, 0.25) is 0 Å². The zero-order chi connectivity index (χ0) is 14.4. The third-order valence-corrected chi connectivity index (χ3v) is 3.89. The van der Waals surface area contributed by atoms with Crippen molar-refractivity contribution in [2.45, 2.75) is 60.8 Å². The van der Waals surface area contributed by atoms with Gasteiger partial charge >= 0.3 is 0 Å². The molecule has 1 aromatic rings. The Kier molecular flexibility index (Phi) is 6.08. The Morgan fingerprint density at radius 1 is 0.895 bits per heavy atom. The highest BCUT2D eigenvalue weighted by atomic mass is 14.1. The average Bonchev–Trinajstić information content (AvgIpc) is 2.34. The predicted octanol–water partition coefficient (Wildman–Crippen LogP) is 5.77. The van der Waals surface area contributed by atoms with Crippen molar-refractivity contribution >= 4 is 0 Å². The van der Waals surface area contributed by atoms with Gasteiger partial charge in [-0.15, -0.1) is 0 Å². The third kappa shape index (κ3) is 4.70. The molecule has 0 radical (unpaired) electrons. The Balaban J connectivity index is 2.66. The van der Waals surface area contributed by atoms with Crippen molar-refractivity contribution in [2.75, 3.05) is 0 Å². The highest BCUT2D eigenvalue weighted by Gasteiger charge is 2.06. The molecule has 0 spiro atoms. The van der Waals surface area contributed by atoms with Crippen molar-refractivity contribution in [3.63, 3.8) is 0 Å². The van der Waals surface area contributed by atoms with Gasteiger partial charge in [0.05, 0.1) is 0 Å². The minimum atomic E-state index is 1.06. The van der Waals surface area contributed by atoms with Crippen LogP contribution in [0.3, 0.4) is 0 Å². The van der Waals surface area contributed by atoms with Crippen LogP contribution in [0.1, 0.15) is 54.5 Å². The fraction of sp³-hybridized carbons (Fsp3) is 0.474. The Hall–Kier alpha value is -1.30. The summed E-state index contributed by atoms with van der Waals surface area (Å²) in [5, 5.41) is 0. The Morgan fingerprint density at radius 3 is 2.21 bits per heavy atom. The topological polar surface area (TPSA) is 0 Å². The SMILES string of the molecule is CC(C)=CCC/C=C\Cc1c(C)cc(C)c(C)c1C. The lowest BCUT2D eigenvalue weighted by Gasteiger charge is -2.13. The summed E-state index contributed by atoms with van der Waals surface area (Å²) in [6.45, 7) is 13.2. The zero-order valence-corrected chi connectivity index (χ0v) is 13.4. The standard InChI is InChI=1S/C19H28/c1-14(2)11-9-7-8-10-12-19-16(4)13-15(3)17(5)18(19)6/h8,10-11,13H,7,9,12H2,1-6H3/b10-8-. The molecule has 0 atom stereocenters. The van der Waals surface area contributed by atoms with Gasteiger partial charge in [0.15, 0.2) is 0 Å². The first kappa shape index (κ1) is 15.8. The molecule has 1 aromatic carbocycles. The van der Waals surface area contributed by atoms with E-state index in [1.807, 2.05) is 0 Å². The van der Waals surface area contributed by atoms with Crippen molar-refractivity contribution < 1.29 is 0 Å². The summed E-state index contributed by atoms with van der Waals surface area (Å²) >= 11 is 0. The van der Waals surface area contributed by atoms with Crippen LogP contribution in [0.15, 0.2) is 29.9 Å². The number of hydrogen-bond acceptors (Lipinski definition) is 0. The van der Waals surface area contributed by atoms with Crippen molar-refractivity contribution in [3.05, 3.63) is 57.7 Å². The van der Waals surface area contributed by atoms with Crippen molar-refractivity contribution in [1.29, 1.82) is 0 Å². The minimum absolute atomic E-state index is 1.06. The van der Waals surface area contributed by atoms with Crippen LogP contribution in [0.25, 0.3) is 0 Å². The molecule has 0 amide bonds. The van der Waals surface area contributed by atoms with Gasteiger partial charge in [0, 0.05) is 0 Å². The minimum Gasteiger partial charge on any atom is -0.0879 e. The number of aryl methyl sites for hydroxylation is 2. The maximum absolute atomic E-state index is 2.32. The van der Waals surface area contributed by atoms with Gasteiger partial charge in [-0.3, -0.25) is 0 Å². The molecule has 0 aliphatic heterocycles. The number of allylic oxidation sites excluding steroid dienone is 4. The maximum atomic E-state index is 2.32. The van der Waals surface area contributed by atoms with E-state index < -0.39 is 0 Å². The summed E-state index contributed by atoms with van der Waals surface area (Å²) in [7, 11) is 0. The molecule has 0 N–H and O–H groups in total. The normalized spacial score (nSPS) is 11.1. The summed E-state index contributed by atoms with van der Waals surface area (Å²) in [4.78, 5) is 0. The van der Waals surface area contributed by atoms with E-state index in [9.17, 15) is 0 Å². The summed E-state index contributed by atoms with van der Waals surface area (Å²) in [5.74, 6) is 0. The summed E-state index contributed by atoms with van der Waals surface area (Å²) < 4.78 is 0. The van der Waals surface area contributed by atoms with E-state index in [1.165, 1.54) is 33.4 Å². The van der Waals surface area contributed by atoms with E-state index in [4.69, 9.17) is 0 Å². The van der Waals surface area contributed by atoms with Gasteiger partial charge in [-0.05, 0) is 88.6 Å². The smallest absolute Gasteiger partial charge is 0.00921 e. The summed E-state index contributed by atoms with van der Waals surface area (Å²) in [6, 6.07) is 2.31. The van der Waals surface area contributed by atoms with Gasteiger partial charge in [0.25, 0.3) is 0 Å². The van der Waals surface area contributed by atoms with Crippen LogP contribution in [-0.2, 0) is 6.42 Å². The second kappa shape index (κ2) is 7.33. The second-order valence-corrected chi connectivity index (χ2v) is 5.77. The zero-order valence-electron chi connectivity index (χ0n) is 13.4.